The van der Waals surface area contributed by atoms with Gasteiger partial charge >= 0.3 is 6.03 Å². The number of amides is 2. The van der Waals surface area contributed by atoms with Crippen molar-refractivity contribution < 1.29 is 9.90 Å². The maximum Gasteiger partial charge on any atom is 0.319 e. The average molecular weight is 296 g/mol. The van der Waals surface area contributed by atoms with Gasteiger partial charge in [0, 0.05) is 17.0 Å². The van der Waals surface area contributed by atoms with Crippen LogP contribution in [0.2, 0.25) is 0 Å². The van der Waals surface area contributed by atoms with Crippen LogP contribution >= 0.6 is 11.8 Å². The minimum Gasteiger partial charge on any atom is -0.395 e. The number of aliphatic hydroxyl groups is 1. The second-order valence-corrected chi connectivity index (χ2v) is 6.16. The Morgan fingerprint density at radius 2 is 1.95 bits per heavy atom. The van der Waals surface area contributed by atoms with Crippen LogP contribution in [0.25, 0.3) is 0 Å². The molecule has 0 radical (unpaired) electrons. The Hall–Kier alpha value is -1.20. The topological polar surface area (TPSA) is 61.4 Å². The minimum absolute atomic E-state index is 0.00101. The molecule has 1 rings (SSSR count). The van der Waals surface area contributed by atoms with Crippen LogP contribution in [0.5, 0.6) is 0 Å². The molecule has 0 aliphatic rings. The van der Waals surface area contributed by atoms with Crippen molar-refractivity contribution >= 4 is 23.5 Å². The summed E-state index contributed by atoms with van der Waals surface area (Å²) in [6.45, 7) is 6.13. The van der Waals surface area contributed by atoms with Gasteiger partial charge in [0.05, 0.1) is 6.61 Å². The highest BCUT2D eigenvalue weighted by atomic mass is 32.2. The summed E-state index contributed by atoms with van der Waals surface area (Å²) in [6.07, 6.45) is 1.92. The van der Waals surface area contributed by atoms with Gasteiger partial charge in [-0.3, -0.25) is 0 Å². The molecule has 112 valence electrons. The highest BCUT2D eigenvalue weighted by Crippen LogP contribution is 2.23. The SMILES string of the molecule is CSC(CO)C(C)NC(=O)Nc1ccccc1C(C)C. The van der Waals surface area contributed by atoms with Crippen LogP contribution < -0.4 is 10.6 Å². The van der Waals surface area contributed by atoms with Crippen molar-refractivity contribution in [3.63, 3.8) is 0 Å². The molecule has 0 heterocycles. The van der Waals surface area contributed by atoms with Crippen molar-refractivity contribution in [3.05, 3.63) is 29.8 Å². The first-order chi connectivity index (χ1) is 9.49. The maximum absolute atomic E-state index is 12.0. The number of carbonyl (C=O) groups is 1. The number of para-hydroxylation sites is 1. The highest BCUT2D eigenvalue weighted by Gasteiger charge is 2.18. The number of benzene rings is 1. The fourth-order valence-corrected chi connectivity index (χ4v) is 2.63. The molecule has 0 saturated heterocycles. The Morgan fingerprint density at radius 1 is 1.30 bits per heavy atom. The van der Waals surface area contributed by atoms with E-state index in [2.05, 4.69) is 24.5 Å². The Bertz CT molecular complexity index is 434. The Labute approximate surface area is 125 Å². The summed E-state index contributed by atoms with van der Waals surface area (Å²) in [7, 11) is 0. The fraction of sp³-hybridized carbons (Fsp3) is 0.533. The lowest BCUT2D eigenvalue weighted by molar-refractivity contribution is 0.243. The molecule has 2 atom stereocenters. The summed E-state index contributed by atoms with van der Waals surface area (Å²) in [5.74, 6) is 0.348. The summed E-state index contributed by atoms with van der Waals surface area (Å²) in [5.41, 5.74) is 1.94. The van der Waals surface area contributed by atoms with Crippen molar-refractivity contribution in [2.24, 2.45) is 0 Å². The van der Waals surface area contributed by atoms with E-state index >= 15 is 0 Å². The Kier molecular flexibility index (Phi) is 6.88. The second kappa shape index (κ2) is 8.17. The van der Waals surface area contributed by atoms with Gasteiger partial charge in [0.2, 0.25) is 0 Å². The van der Waals surface area contributed by atoms with E-state index in [1.54, 1.807) is 11.8 Å². The number of hydrogen-bond donors (Lipinski definition) is 3. The summed E-state index contributed by atoms with van der Waals surface area (Å²) in [5, 5.41) is 15.0. The van der Waals surface area contributed by atoms with Crippen molar-refractivity contribution in [2.45, 2.75) is 38.0 Å². The highest BCUT2D eigenvalue weighted by molar-refractivity contribution is 7.99. The van der Waals surface area contributed by atoms with Crippen molar-refractivity contribution in [1.82, 2.24) is 5.32 Å². The van der Waals surface area contributed by atoms with E-state index in [0.29, 0.717) is 5.92 Å². The monoisotopic (exact) mass is 296 g/mol. The van der Waals surface area contributed by atoms with Gasteiger partial charge in [0.1, 0.15) is 0 Å². The molecule has 0 spiro atoms. The van der Waals surface area contributed by atoms with Gasteiger partial charge in [-0.2, -0.15) is 11.8 Å². The summed E-state index contributed by atoms with van der Waals surface area (Å²) in [4.78, 5) is 12.0. The molecular formula is C15H24N2O2S. The molecule has 1 aromatic rings. The number of hydrogen-bond acceptors (Lipinski definition) is 3. The van der Waals surface area contributed by atoms with Crippen LogP contribution in [-0.2, 0) is 0 Å². The predicted octanol–water partition coefficient (Wildman–Crippen LogP) is 3.04. The normalized spacial score (nSPS) is 13.9. The molecule has 0 saturated carbocycles. The maximum atomic E-state index is 12.0. The molecule has 1 aromatic carbocycles. The quantitative estimate of drug-likeness (QED) is 0.756. The van der Waals surface area contributed by atoms with E-state index in [4.69, 9.17) is 0 Å². The largest absolute Gasteiger partial charge is 0.395 e. The third-order valence-corrected chi connectivity index (χ3v) is 4.39. The standard InChI is InChI=1S/C15H24N2O2S/c1-10(2)12-7-5-6-8-13(12)17-15(19)16-11(3)14(9-18)20-4/h5-8,10-11,14,18H,9H2,1-4H3,(H2,16,17,19). The molecule has 5 heteroatoms. The van der Waals surface area contributed by atoms with Gasteiger partial charge in [-0.15, -0.1) is 0 Å². The third kappa shape index (κ3) is 4.72. The van der Waals surface area contributed by atoms with E-state index in [9.17, 15) is 9.90 Å². The fourth-order valence-electron chi connectivity index (χ4n) is 2.01. The van der Waals surface area contributed by atoms with Gasteiger partial charge in [-0.05, 0) is 30.7 Å². The van der Waals surface area contributed by atoms with E-state index in [1.165, 1.54) is 0 Å². The van der Waals surface area contributed by atoms with Gasteiger partial charge in [-0.1, -0.05) is 32.0 Å². The molecule has 0 bridgehead atoms. The third-order valence-electron chi connectivity index (χ3n) is 3.23. The van der Waals surface area contributed by atoms with Crippen LogP contribution in [0.15, 0.2) is 24.3 Å². The molecule has 4 nitrogen and oxygen atoms in total. The first-order valence-corrected chi connectivity index (χ1v) is 8.08. The van der Waals surface area contributed by atoms with Crippen molar-refractivity contribution in [2.75, 3.05) is 18.2 Å². The summed E-state index contributed by atoms with van der Waals surface area (Å²) in [6, 6.07) is 7.46. The van der Waals surface area contributed by atoms with Crippen LogP contribution in [-0.4, -0.2) is 35.3 Å². The van der Waals surface area contributed by atoms with Crippen LogP contribution in [0.1, 0.15) is 32.3 Å². The smallest absolute Gasteiger partial charge is 0.319 e. The van der Waals surface area contributed by atoms with Gasteiger partial charge in [-0.25, -0.2) is 4.79 Å². The predicted molar refractivity (Wildman–Crippen MR) is 86.5 cm³/mol. The van der Waals surface area contributed by atoms with Crippen molar-refractivity contribution in [3.8, 4) is 0 Å². The number of thioether (sulfide) groups is 1. The number of nitrogens with one attached hydrogen (secondary N) is 2. The zero-order chi connectivity index (χ0) is 15.1. The average Bonchev–Trinajstić information content (AvgIpc) is 2.40. The first-order valence-electron chi connectivity index (χ1n) is 6.79. The lowest BCUT2D eigenvalue weighted by Crippen LogP contribution is -2.43. The molecule has 2 unspecified atom stereocenters. The van der Waals surface area contributed by atoms with E-state index in [-0.39, 0.29) is 23.9 Å². The Balaban J connectivity index is 2.67. The molecule has 0 aromatic heterocycles. The molecule has 0 aliphatic heterocycles. The van der Waals surface area contributed by atoms with E-state index in [1.807, 2.05) is 37.4 Å². The van der Waals surface area contributed by atoms with Gasteiger partial charge in [0.15, 0.2) is 0 Å². The number of anilines is 1. The van der Waals surface area contributed by atoms with Crippen LogP contribution in [0, 0.1) is 0 Å². The minimum atomic E-state index is -0.238. The molecule has 0 fully saturated rings. The summed E-state index contributed by atoms with van der Waals surface area (Å²) < 4.78 is 0. The number of carbonyl (C=O) groups excluding carboxylic acids is 1. The van der Waals surface area contributed by atoms with Gasteiger partial charge in [0.25, 0.3) is 0 Å². The first kappa shape index (κ1) is 16.9. The lowest BCUT2D eigenvalue weighted by Gasteiger charge is -2.22. The second-order valence-electron chi connectivity index (χ2n) is 5.09. The zero-order valence-electron chi connectivity index (χ0n) is 12.5. The zero-order valence-corrected chi connectivity index (χ0v) is 13.3. The van der Waals surface area contributed by atoms with Crippen molar-refractivity contribution in [1.29, 1.82) is 0 Å². The number of rotatable bonds is 6. The molecule has 0 aliphatic carbocycles. The lowest BCUT2D eigenvalue weighted by atomic mass is 10.0. The Morgan fingerprint density at radius 3 is 2.50 bits per heavy atom. The van der Waals surface area contributed by atoms with Crippen LogP contribution in [0.4, 0.5) is 10.5 Å². The van der Waals surface area contributed by atoms with Gasteiger partial charge < -0.3 is 15.7 Å². The molecule has 2 amide bonds. The van der Waals surface area contributed by atoms with Crippen LogP contribution in [0.3, 0.4) is 0 Å². The molecular weight excluding hydrogens is 272 g/mol. The molecule has 3 N–H and O–H groups in total. The van der Waals surface area contributed by atoms with E-state index < -0.39 is 0 Å². The number of urea groups is 1. The molecule has 20 heavy (non-hydrogen) atoms. The summed E-state index contributed by atoms with van der Waals surface area (Å²) >= 11 is 1.54. The van der Waals surface area contributed by atoms with E-state index in [0.717, 1.165) is 11.3 Å². The number of aliphatic hydroxyl groups excluding tert-OH is 1.